The summed E-state index contributed by atoms with van der Waals surface area (Å²) in [6.45, 7) is 0.912. The van der Waals surface area contributed by atoms with Crippen molar-refractivity contribution in [2.45, 2.75) is 12.8 Å². The van der Waals surface area contributed by atoms with E-state index >= 15 is 0 Å². The summed E-state index contributed by atoms with van der Waals surface area (Å²) in [6, 6.07) is 6.11. The van der Waals surface area contributed by atoms with Gasteiger partial charge >= 0.3 is 0 Å². The summed E-state index contributed by atoms with van der Waals surface area (Å²) in [5, 5.41) is 0. The van der Waals surface area contributed by atoms with Crippen LogP contribution in [0.25, 0.3) is 0 Å². The lowest BCUT2D eigenvalue weighted by atomic mass is 10.1. The Bertz CT molecular complexity index is 588. The van der Waals surface area contributed by atoms with E-state index < -0.39 is 9.05 Å². The summed E-state index contributed by atoms with van der Waals surface area (Å²) in [5.74, 6) is -0.762. The van der Waals surface area contributed by atoms with Crippen molar-refractivity contribution < 1.29 is 17.6 Å². The van der Waals surface area contributed by atoms with Crippen LogP contribution in [0, 0.1) is 11.7 Å². The third-order valence-electron chi connectivity index (χ3n) is 3.31. The molecule has 1 amide bonds. The lowest BCUT2D eigenvalue weighted by Crippen LogP contribution is -2.28. The quantitative estimate of drug-likeness (QED) is 0.777. The molecule has 0 N–H and O–H groups in total. The Balaban J connectivity index is 1.87. The molecule has 0 aromatic heterocycles. The van der Waals surface area contributed by atoms with Crippen molar-refractivity contribution in [3.05, 3.63) is 35.6 Å². The fourth-order valence-corrected chi connectivity index (χ4v) is 3.70. The Morgan fingerprint density at radius 2 is 1.95 bits per heavy atom. The van der Waals surface area contributed by atoms with Crippen molar-refractivity contribution in [2.75, 3.05) is 18.8 Å². The molecule has 1 aliphatic rings. The molecule has 1 atom stereocenters. The second-order valence-electron chi connectivity index (χ2n) is 4.99. The summed E-state index contributed by atoms with van der Waals surface area (Å²) < 4.78 is 34.8. The molecule has 1 unspecified atom stereocenters. The molecular weight excluding hydrogens is 305 g/mol. The largest absolute Gasteiger partial charge is 0.342 e. The van der Waals surface area contributed by atoms with Gasteiger partial charge in [-0.3, -0.25) is 4.79 Å². The first kappa shape index (κ1) is 15.3. The molecule has 1 fully saturated rings. The van der Waals surface area contributed by atoms with Crippen molar-refractivity contribution >= 4 is 25.6 Å². The van der Waals surface area contributed by atoms with Gasteiger partial charge in [0.25, 0.3) is 0 Å². The summed E-state index contributed by atoms with van der Waals surface area (Å²) in [4.78, 5) is 13.4. The van der Waals surface area contributed by atoms with Crippen LogP contribution in [-0.4, -0.2) is 38.1 Å². The van der Waals surface area contributed by atoms with Gasteiger partial charge in [-0.1, -0.05) is 12.1 Å². The minimum atomic E-state index is -3.57. The first-order chi connectivity index (χ1) is 9.33. The fourth-order valence-electron chi connectivity index (χ4n) is 2.38. The van der Waals surface area contributed by atoms with Crippen molar-refractivity contribution in [1.82, 2.24) is 4.90 Å². The molecule has 1 aromatic rings. The Labute approximate surface area is 121 Å². The number of hydrogen-bond donors (Lipinski definition) is 0. The number of amides is 1. The molecule has 2 rings (SSSR count). The van der Waals surface area contributed by atoms with E-state index in [1.807, 2.05) is 0 Å². The number of halogens is 2. The molecule has 0 bridgehead atoms. The Morgan fingerprint density at radius 3 is 2.55 bits per heavy atom. The van der Waals surface area contributed by atoms with E-state index in [0.717, 1.165) is 5.56 Å². The zero-order valence-corrected chi connectivity index (χ0v) is 12.3. The van der Waals surface area contributed by atoms with Gasteiger partial charge in [0.05, 0.1) is 5.75 Å². The van der Waals surface area contributed by atoms with Crippen LogP contribution in [0.5, 0.6) is 0 Å². The number of nitrogens with zero attached hydrogens (tertiary/aromatic N) is 1. The molecule has 0 saturated carbocycles. The molecule has 4 nitrogen and oxygen atoms in total. The monoisotopic (exact) mass is 319 g/mol. The number of carbonyl (C=O) groups is 1. The van der Waals surface area contributed by atoms with Crippen LogP contribution in [0.15, 0.2) is 24.3 Å². The van der Waals surface area contributed by atoms with Crippen molar-refractivity contribution in [2.24, 2.45) is 5.92 Å². The topological polar surface area (TPSA) is 54.5 Å². The number of rotatable bonds is 5. The predicted octanol–water partition coefficient (Wildman–Crippen LogP) is 1.79. The van der Waals surface area contributed by atoms with Gasteiger partial charge in [-0.15, -0.1) is 0 Å². The lowest BCUT2D eigenvalue weighted by Gasteiger charge is -2.16. The van der Waals surface area contributed by atoms with Crippen molar-refractivity contribution in [1.29, 1.82) is 0 Å². The molecule has 7 heteroatoms. The number of carbonyl (C=O) groups excluding carboxylic acids is 1. The molecule has 1 saturated heterocycles. The second kappa shape index (κ2) is 6.10. The van der Waals surface area contributed by atoms with Crippen LogP contribution in [0.2, 0.25) is 0 Å². The van der Waals surface area contributed by atoms with Crippen molar-refractivity contribution in [3.8, 4) is 0 Å². The summed E-state index contributed by atoms with van der Waals surface area (Å²) in [7, 11) is 1.63. The first-order valence-electron chi connectivity index (χ1n) is 6.28. The molecule has 20 heavy (non-hydrogen) atoms. The summed E-state index contributed by atoms with van der Waals surface area (Å²) in [5.41, 5.74) is 0.938. The van der Waals surface area contributed by atoms with Crippen LogP contribution in [0.4, 0.5) is 4.39 Å². The minimum absolute atomic E-state index is 0.0579. The normalized spacial score (nSPS) is 19.6. The molecule has 0 spiro atoms. The highest BCUT2D eigenvalue weighted by atomic mass is 35.7. The standard InChI is InChI=1S/C13H15ClFNO3S/c14-20(18,19)9-11-7-13(17)16(8-11)6-5-10-1-3-12(15)4-2-10/h1-4,11H,5-9H2. The average Bonchev–Trinajstić information content (AvgIpc) is 2.66. The third kappa shape index (κ3) is 4.45. The molecule has 110 valence electrons. The van der Waals surface area contributed by atoms with E-state index in [1.165, 1.54) is 12.1 Å². The maximum absolute atomic E-state index is 12.8. The highest BCUT2D eigenvalue weighted by Gasteiger charge is 2.31. The van der Waals surface area contributed by atoms with Gasteiger partial charge in [-0.2, -0.15) is 0 Å². The Kier molecular flexibility index (Phi) is 4.65. The molecule has 1 aromatic carbocycles. The highest BCUT2D eigenvalue weighted by molar-refractivity contribution is 8.13. The van der Waals surface area contributed by atoms with Crippen LogP contribution < -0.4 is 0 Å². The molecule has 0 aliphatic carbocycles. The van der Waals surface area contributed by atoms with Gasteiger partial charge < -0.3 is 4.90 Å². The molecule has 1 aliphatic heterocycles. The smallest absolute Gasteiger partial charge is 0.232 e. The summed E-state index contributed by atoms with van der Waals surface area (Å²) in [6.07, 6.45) is 0.835. The highest BCUT2D eigenvalue weighted by Crippen LogP contribution is 2.21. The Morgan fingerprint density at radius 1 is 1.30 bits per heavy atom. The first-order valence-corrected chi connectivity index (χ1v) is 8.76. The van der Waals surface area contributed by atoms with Gasteiger partial charge in [0.2, 0.25) is 15.0 Å². The van der Waals surface area contributed by atoms with E-state index in [0.29, 0.717) is 19.5 Å². The maximum atomic E-state index is 12.8. The van der Waals surface area contributed by atoms with Gasteiger partial charge in [0.1, 0.15) is 5.82 Å². The van der Waals surface area contributed by atoms with E-state index in [2.05, 4.69) is 0 Å². The minimum Gasteiger partial charge on any atom is -0.342 e. The van der Waals surface area contributed by atoms with E-state index in [1.54, 1.807) is 17.0 Å². The van der Waals surface area contributed by atoms with Gasteiger partial charge in [0.15, 0.2) is 0 Å². The van der Waals surface area contributed by atoms with E-state index in [9.17, 15) is 17.6 Å². The van der Waals surface area contributed by atoms with E-state index in [-0.39, 0.29) is 29.8 Å². The van der Waals surface area contributed by atoms with Gasteiger partial charge in [-0.25, -0.2) is 12.8 Å². The zero-order chi connectivity index (χ0) is 14.8. The summed E-state index contributed by atoms with van der Waals surface area (Å²) >= 11 is 0. The van der Waals surface area contributed by atoms with Crippen LogP contribution in [-0.2, 0) is 20.3 Å². The molecule has 0 radical (unpaired) electrons. The van der Waals surface area contributed by atoms with Crippen molar-refractivity contribution in [3.63, 3.8) is 0 Å². The predicted molar refractivity (Wildman–Crippen MR) is 74.4 cm³/mol. The molecule has 1 heterocycles. The average molecular weight is 320 g/mol. The molecular formula is C13H15ClFNO3S. The fraction of sp³-hybridized carbons (Fsp3) is 0.462. The number of hydrogen-bond acceptors (Lipinski definition) is 3. The maximum Gasteiger partial charge on any atom is 0.232 e. The van der Waals surface area contributed by atoms with Crippen LogP contribution in [0.3, 0.4) is 0 Å². The Hall–Kier alpha value is -1.14. The zero-order valence-electron chi connectivity index (χ0n) is 10.8. The number of likely N-dealkylation sites (tertiary alicyclic amines) is 1. The SMILES string of the molecule is O=C1CC(CS(=O)(=O)Cl)CN1CCc1ccc(F)cc1. The van der Waals surface area contributed by atoms with Gasteiger partial charge in [0, 0.05) is 36.1 Å². The number of benzene rings is 1. The van der Waals surface area contributed by atoms with Crippen LogP contribution >= 0.6 is 10.7 Å². The second-order valence-corrected chi connectivity index (χ2v) is 7.81. The third-order valence-corrected chi connectivity index (χ3v) is 4.56. The van der Waals surface area contributed by atoms with E-state index in [4.69, 9.17) is 10.7 Å². The van der Waals surface area contributed by atoms with Crippen LogP contribution in [0.1, 0.15) is 12.0 Å². The van der Waals surface area contributed by atoms with Gasteiger partial charge in [-0.05, 0) is 24.1 Å². The lowest BCUT2D eigenvalue weighted by molar-refractivity contribution is -0.127.